The van der Waals surface area contributed by atoms with Gasteiger partial charge in [-0.3, -0.25) is 4.79 Å². The third kappa shape index (κ3) is 7.06. The van der Waals surface area contributed by atoms with Crippen LogP contribution in [0.15, 0.2) is 23.1 Å². The van der Waals surface area contributed by atoms with Gasteiger partial charge in [-0.05, 0) is 37.5 Å². The first-order chi connectivity index (χ1) is 9.13. The molecular formula is C13H17Cl2NO2S. The highest BCUT2D eigenvalue weighted by atomic mass is 35.5. The molecule has 3 nitrogen and oxygen atoms in total. The van der Waals surface area contributed by atoms with E-state index in [1.807, 2.05) is 0 Å². The van der Waals surface area contributed by atoms with Crippen molar-refractivity contribution in [2.45, 2.75) is 24.2 Å². The first-order valence-corrected chi connectivity index (χ1v) is 7.83. The van der Waals surface area contributed by atoms with Crippen LogP contribution in [0.1, 0.15) is 19.3 Å². The first-order valence-electron chi connectivity index (χ1n) is 6.09. The quantitative estimate of drug-likeness (QED) is 0.570. The van der Waals surface area contributed by atoms with E-state index in [1.165, 1.54) is 11.8 Å². The van der Waals surface area contributed by atoms with Crippen molar-refractivity contribution in [1.82, 2.24) is 5.32 Å². The standard InChI is InChI=1S/C13H17Cl2NO2S/c14-10-4-5-11(15)12(8-10)19-9-13(18)16-6-2-1-3-7-17/h4-5,8,17H,1-3,6-7,9H2,(H,16,18). The molecule has 106 valence electrons. The Morgan fingerprint density at radius 1 is 1.26 bits per heavy atom. The van der Waals surface area contributed by atoms with Gasteiger partial charge in [0.15, 0.2) is 0 Å². The number of hydrogen-bond acceptors (Lipinski definition) is 3. The van der Waals surface area contributed by atoms with Crippen LogP contribution in [0, 0.1) is 0 Å². The predicted molar refractivity (Wildman–Crippen MR) is 81.1 cm³/mol. The monoisotopic (exact) mass is 321 g/mol. The lowest BCUT2D eigenvalue weighted by Crippen LogP contribution is -2.26. The molecule has 0 aliphatic rings. The Hall–Kier alpha value is -0.420. The average Bonchev–Trinajstić information content (AvgIpc) is 2.39. The number of hydrogen-bond donors (Lipinski definition) is 2. The van der Waals surface area contributed by atoms with E-state index >= 15 is 0 Å². The van der Waals surface area contributed by atoms with Crippen molar-refractivity contribution >= 4 is 40.9 Å². The number of halogens is 2. The molecule has 0 aliphatic carbocycles. The summed E-state index contributed by atoms with van der Waals surface area (Å²) in [5.74, 6) is 0.296. The smallest absolute Gasteiger partial charge is 0.230 e. The minimum atomic E-state index is -0.0231. The summed E-state index contributed by atoms with van der Waals surface area (Å²) in [5.41, 5.74) is 0. The molecule has 0 atom stereocenters. The Labute approximate surface area is 127 Å². The van der Waals surface area contributed by atoms with Crippen molar-refractivity contribution in [2.75, 3.05) is 18.9 Å². The highest BCUT2D eigenvalue weighted by Gasteiger charge is 2.06. The summed E-state index contributed by atoms with van der Waals surface area (Å²) in [4.78, 5) is 12.4. The molecule has 0 fully saturated rings. The van der Waals surface area contributed by atoms with Crippen molar-refractivity contribution in [3.05, 3.63) is 28.2 Å². The maximum absolute atomic E-state index is 11.6. The molecule has 0 unspecified atom stereocenters. The topological polar surface area (TPSA) is 49.3 Å². The molecular weight excluding hydrogens is 305 g/mol. The number of amides is 1. The molecule has 1 aromatic rings. The van der Waals surface area contributed by atoms with E-state index in [0.29, 0.717) is 22.3 Å². The van der Waals surface area contributed by atoms with Gasteiger partial charge >= 0.3 is 0 Å². The van der Waals surface area contributed by atoms with Gasteiger partial charge in [-0.25, -0.2) is 0 Å². The first kappa shape index (κ1) is 16.6. The second kappa shape index (κ2) is 9.48. The lowest BCUT2D eigenvalue weighted by atomic mass is 10.2. The molecule has 0 saturated heterocycles. The van der Waals surface area contributed by atoms with Crippen LogP contribution in [-0.4, -0.2) is 29.9 Å². The number of aliphatic hydroxyl groups excluding tert-OH is 1. The maximum atomic E-state index is 11.6. The molecule has 0 aromatic heterocycles. The molecule has 2 N–H and O–H groups in total. The van der Waals surface area contributed by atoms with Crippen LogP contribution in [-0.2, 0) is 4.79 Å². The van der Waals surface area contributed by atoms with Crippen LogP contribution in [0.4, 0.5) is 0 Å². The predicted octanol–water partition coefficient (Wildman–Crippen LogP) is 3.36. The highest BCUT2D eigenvalue weighted by molar-refractivity contribution is 8.00. The fourth-order valence-corrected chi connectivity index (χ4v) is 2.75. The Bertz CT molecular complexity index is 416. The van der Waals surface area contributed by atoms with E-state index in [-0.39, 0.29) is 12.5 Å². The molecule has 0 saturated carbocycles. The zero-order valence-electron chi connectivity index (χ0n) is 10.5. The second-order valence-electron chi connectivity index (χ2n) is 4.00. The lowest BCUT2D eigenvalue weighted by Gasteiger charge is -2.06. The van der Waals surface area contributed by atoms with E-state index in [1.54, 1.807) is 18.2 Å². The summed E-state index contributed by atoms with van der Waals surface area (Å²) in [6.45, 7) is 0.847. The van der Waals surface area contributed by atoms with Crippen molar-refractivity contribution in [3.8, 4) is 0 Å². The van der Waals surface area contributed by atoms with E-state index in [9.17, 15) is 4.79 Å². The van der Waals surface area contributed by atoms with Crippen LogP contribution < -0.4 is 5.32 Å². The highest BCUT2D eigenvalue weighted by Crippen LogP contribution is 2.29. The van der Waals surface area contributed by atoms with E-state index in [2.05, 4.69) is 5.32 Å². The summed E-state index contributed by atoms with van der Waals surface area (Å²) in [6.07, 6.45) is 2.58. The second-order valence-corrected chi connectivity index (χ2v) is 5.86. The van der Waals surface area contributed by atoms with Crippen molar-refractivity contribution in [3.63, 3.8) is 0 Å². The molecule has 1 rings (SSSR count). The van der Waals surface area contributed by atoms with E-state index in [0.717, 1.165) is 24.2 Å². The normalized spacial score (nSPS) is 10.5. The molecule has 0 aliphatic heterocycles. The molecule has 19 heavy (non-hydrogen) atoms. The minimum Gasteiger partial charge on any atom is -0.396 e. The van der Waals surface area contributed by atoms with Gasteiger partial charge in [0.1, 0.15) is 0 Å². The van der Waals surface area contributed by atoms with Gasteiger partial charge in [0, 0.05) is 23.1 Å². The van der Waals surface area contributed by atoms with Gasteiger partial charge in [-0.15, -0.1) is 11.8 Å². The molecule has 0 spiro atoms. The molecule has 1 amide bonds. The van der Waals surface area contributed by atoms with Crippen LogP contribution in [0.2, 0.25) is 10.0 Å². The molecule has 0 bridgehead atoms. The van der Waals surface area contributed by atoms with Crippen molar-refractivity contribution in [1.29, 1.82) is 0 Å². The molecule has 0 heterocycles. The Morgan fingerprint density at radius 3 is 2.79 bits per heavy atom. The summed E-state index contributed by atoms with van der Waals surface area (Å²) < 4.78 is 0. The van der Waals surface area contributed by atoms with Gasteiger partial charge in [0.25, 0.3) is 0 Å². The average molecular weight is 322 g/mol. The number of unbranched alkanes of at least 4 members (excludes halogenated alkanes) is 2. The zero-order valence-corrected chi connectivity index (χ0v) is 12.8. The number of benzene rings is 1. The van der Waals surface area contributed by atoms with Crippen LogP contribution in [0.5, 0.6) is 0 Å². The fraction of sp³-hybridized carbons (Fsp3) is 0.462. The van der Waals surface area contributed by atoms with Gasteiger partial charge in [-0.1, -0.05) is 23.2 Å². The molecule has 0 radical (unpaired) electrons. The number of carbonyl (C=O) groups is 1. The van der Waals surface area contributed by atoms with Crippen molar-refractivity contribution < 1.29 is 9.90 Å². The number of thioether (sulfide) groups is 1. The van der Waals surface area contributed by atoms with Crippen molar-refractivity contribution in [2.24, 2.45) is 0 Å². The lowest BCUT2D eigenvalue weighted by molar-refractivity contribution is -0.118. The third-order valence-corrected chi connectivity index (χ3v) is 4.14. The number of aliphatic hydroxyl groups is 1. The SMILES string of the molecule is O=C(CSc1cc(Cl)ccc1Cl)NCCCCCO. The summed E-state index contributed by atoms with van der Waals surface area (Å²) in [7, 11) is 0. The maximum Gasteiger partial charge on any atom is 0.230 e. The van der Waals surface area contributed by atoms with Crippen LogP contribution >= 0.6 is 35.0 Å². The van der Waals surface area contributed by atoms with Crippen LogP contribution in [0.3, 0.4) is 0 Å². The number of carbonyl (C=O) groups excluding carboxylic acids is 1. The Balaban J connectivity index is 2.24. The zero-order chi connectivity index (χ0) is 14.1. The Kier molecular flexibility index (Phi) is 8.30. The molecule has 6 heteroatoms. The summed E-state index contributed by atoms with van der Waals surface area (Å²) >= 11 is 13.2. The van der Waals surface area contributed by atoms with Gasteiger partial charge in [0.2, 0.25) is 5.91 Å². The number of rotatable bonds is 8. The fourth-order valence-electron chi connectivity index (χ4n) is 1.42. The molecule has 1 aromatic carbocycles. The van der Waals surface area contributed by atoms with Gasteiger partial charge in [-0.2, -0.15) is 0 Å². The Morgan fingerprint density at radius 2 is 2.05 bits per heavy atom. The van der Waals surface area contributed by atoms with E-state index in [4.69, 9.17) is 28.3 Å². The number of nitrogens with one attached hydrogen (secondary N) is 1. The third-order valence-electron chi connectivity index (χ3n) is 2.41. The summed E-state index contributed by atoms with van der Waals surface area (Å²) in [5, 5.41) is 12.7. The minimum absolute atomic E-state index is 0.0231. The summed E-state index contributed by atoms with van der Waals surface area (Å²) in [6, 6.07) is 5.19. The van der Waals surface area contributed by atoms with Gasteiger partial charge < -0.3 is 10.4 Å². The van der Waals surface area contributed by atoms with Gasteiger partial charge in [0.05, 0.1) is 10.8 Å². The largest absolute Gasteiger partial charge is 0.396 e. The van der Waals surface area contributed by atoms with Crippen LogP contribution in [0.25, 0.3) is 0 Å². The van der Waals surface area contributed by atoms with E-state index < -0.39 is 0 Å².